The summed E-state index contributed by atoms with van der Waals surface area (Å²) < 4.78 is 5.40. The van der Waals surface area contributed by atoms with E-state index in [1.54, 1.807) is 6.26 Å². The van der Waals surface area contributed by atoms with Gasteiger partial charge in [-0.1, -0.05) is 13.8 Å². The van der Waals surface area contributed by atoms with Crippen LogP contribution < -0.4 is 5.32 Å². The number of hydrogen-bond donors (Lipinski definition) is 1. The maximum Gasteiger partial charge on any atom is 0.105 e. The molecule has 1 aromatic heterocycles. The van der Waals surface area contributed by atoms with Gasteiger partial charge in [0.1, 0.15) is 5.76 Å². The normalized spacial score (nSPS) is 22.3. The molecule has 1 fully saturated rings. The van der Waals surface area contributed by atoms with E-state index in [0.29, 0.717) is 6.04 Å². The van der Waals surface area contributed by atoms with E-state index >= 15 is 0 Å². The van der Waals surface area contributed by atoms with Crippen LogP contribution in [0.3, 0.4) is 0 Å². The summed E-state index contributed by atoms with van der Waals surface area (Å²) in [4.78, 5) is 2.58. The Balaban J connectivity index is 1.79. The van der Waals surface area contributed by atoms with Crippen LogP contribution in [0.1, 0.15) is 32.4 Å². The van der Waals surface area contributed by atoms with Crippen LogP contribution in [0.4, 0.5) is 0 Å². The van der Waals surface area contributed by atoms with Gasteiger partial charge in [-0.2, -0.15) is 0 Å². The molecule has 1 aliphatic rings. The van der Waals surface area contributed by atoms with Crippen molar-refractivity contribution in [2.24, 2.45) is 5.92 Å². The molecule has 1 N–H and O–H groups in total. The van der Waals surface area contributed by atoms with Gasteiger partial charge in [-0.25, -0.2) is 0 Å². The van der Waals surface area contributed by atoms with Gasteiger partial charge in [0.2, 0.25) is 0 Å². The molecule has 1 atom stereocenters. The highest BCUT2D eigenvalue weighted by Crippen LogP contribution is 2.11. The van der Waals surface area contributed by atoms with Crippen molar-refractivity contribution < 1.29 is 4.42 Å². The highest BCUT2D eigenvalue weighted by Gasteiger charge is 2.18. The summed E-state index contributed by atoms with van der Waals surface area (Å²) in [7, 11) is 0. The van der Waals surface area contributed by atoms with Gasteiger partial charge in [-0.15, -0.1) is 0 Å². The van der Waals surface area contributed by atoms with Crippen molar-refractivity contribution in [3.8, 4) is 0 Å². The van der Waals surface area contributed by atoms with Crippen LogP contribution in [0.2, 0.25) is 0 Å². The fourth-order valence-electron chi connectivity index (χ4n) is 2.73. The van der Waals surface area contributed by atoms with Crippen molar-refractivity contribution in [2.75, 3.05) is 26.2 Å². The Morgan fingerprint density at radius 1 is 1.50 bits per heavy atom. The number of furan rings is 1. The molecular weight excluding hydrogens is 224 g/mol. The second-order valence-electron chi connectivity index (χ2n) is 5.76. The van der Waals surface area contributed by atoms with Crippen LogP contribution >= 0.6 is 0 Å². The van der Waals surface area contributed by atoms with Gasteiger partial charge in [-0.05, 0) is 44.0 Å². The lowest BCUT2D eigenvalue weighted by Gasteiger charge is -2.25. The second kappa shape index (κ2) is 6.95. The predicted molar refractivity (Wildman–Crippen MR) is 74.7 cm³/mol. The second-order valence-corrected chi connectivity index (χ2v) is 5.76. The Bertz CT molecular complexity index is 321. The molecule has 1 aromatic rings. The summed E-state index contributed by atoms with van der Waals surface area (Å²) in [6.45, 7) is 9.28. The minimum absolute atomic E-state index is 0.657. The number of hydrogen-bond acceptors (Lipinski definition) is 3. The molecule has 3 nitrogen and oxygen atoms in total. The zero-order valence-electron chi connectivity index (χ0n) is 11.7. The SMILES string of the molecule is CC(C)CC1CN(CCc2ccco2)CCCN1. The zero-order valence-corrected chi connectivity index (χ0v) is 11.7. The summed E-state index contributed by atoms with van der Waals surface area (Å²) in [6.07, 6.45) is 5.33. The molecule has 3 heteroatoms. The van der Waals surface area contributed by atoms with Crippen LogP contribution in [-0.4, -0.2) is 37.1 Å². The summed E-state index contributed by atoms with van der Waals surface area (Å²) in [5, 5.41) is 3.67. The maximum atomic E-state index is 5.40. The van der Waals surface area contributed by atoms with Crippen molar-refractivity contribution in [2.45, 2.75) is 39.2 Å². The first kappa shape index (κ1) is 13.6. The number of nitrogens with zero attached hydrogens (tertiary/aromatic N) is 1. The third-order valence-corrected chi connectivity index (χ3v) is 3.57. The molecule has 102 valence electrons. The third kappa shape index (κ3) is 4.46. The van der Waals surface area contributed by atoms with Crippen molar-refractivity contribution in [3.05, 3.63) is 24.2 Å². The Hall–Kier alpha value is -0.800. The van der Waals surface area contributed by atoms with Gasteiger partial charge in [0.25, 0.3) is 0 Å². The summed E-state index contributed by atoms with van der Waals surface area (Å²) in [5.74, 6) is 1.88. The quantitative estimate of drug-likeness (QED) is 0.870. The highest BCUT2D eigenvalue weighted by molar-refractivity contribution is 4.98. The molecular formula is C15H26N2O. The average molecular weight is 250 g/mol. The first-order valence-corrected chi connectivity index (χ1v) is 7.22. The molecule has 1 unspecified atom stereocenters. The first-order chi connectivity index (χ1) is 8.74. The maximum absolute atomic E-state index is 5.40. The van der Waals surface area contributed by atoms with Crippen molar-refractivity contribution >= 4 is 0 Å². The van der Waals surface area contributed by atoms with E-state index in [1.807, 2.05) is 6.07 Å². The lowest BCUT2D eigenvalue weighted by atomic mass is 10.0. The number of rotatable bonds is 5. The molecule has 1 aliphatic heterocycles. The van der Waals surface area contributed by atoms with Crippen LogP contribution in [0.15, 0.2) is 22.8 Å². The minimum atomic E-state index is 0.657. The summed E-state index contributed by atoms with van der Waals surface area (Å²) >= 11 is 0. The molecule has 2 heterocycles. The minimum Gasteiger partial charge on any atom is -0.469 e. The predicted octanol–water partition coefficient (Wildman–Crippen LogP) is 2.53. The Kier molecular flexibility index (Phi) is 5.26. The zero-order chi connectivity index (χ0) is 12.8. The van der Waals surface area contributed by atoms with E-state index in [-0.39, 0.29) is 0 Å². The highest BCUT2D eigenvalue weighted by atomic mass is 16.3. The average Bonchev–Trinajstić information content (AvgIpc) is 2.74. The van der Waals surface area contributed by atoms with E-state index in [9.17, 15) is 0 Å². The van der Waals surface area contributed by atoms with Crippen molar-refractivity contribution in [1.29, 1.82) is 0 Å². The largest absolute Gasteiger partial charge is 0.469 e. The molecule has 2 rings (SSSR count). The molecule has 18 heavy (non-hydrogen) atoms. The lowest BCUT2D eigenvalue weighted by molar-refractivity contribution is 0.253. The van der Waals surface area contributed by atoms with Crippen LogP contribution in [0.5, 0.6) is 0 Å². The fraction of sp³-hybridized carbons (Fsp3) is 0.733. The topological polar surface area (TPSA) is 28.4 Å². The van der Waals surface area contributed by atoms with Gasteiger partial charge in [0.15, 0.2) is 0 Å². The van der Waals surface area contributed by atoms with Gasteiger partial charge in [0.05, 0.1) is 6.26 Å². The van der Waals surface area contributed by atoms with E-state index in [1.165, 1.54) is 25.9 Å². The third-order valence-electron chi connectivity index (χ3n) is 3.57. The summed E-state index contributed by atoms with van der Waals surface area (Å²) in [5.41, 5.74) is 0. The molecule has 0 spiro atoms. The van der Waals surface area contributed by atoms with E-state index in [0.717, 1.165) is 31.2 Å². The van der Waals surface area contributed by atoms with Gasteiger partial charge < -0.3 is 14.6 Å². The Morgan fingerprint density at radius 2 is 2.39 bits per heavy atom. The molecule has 0 aliphatic carbocycles. The fourth-order valence-corrected chi connectivity index (χ4v) is 2.73. The van der Waals surface area contributed by atoms with Crippen molar-refractivity contribution in [3.63, 3.8) is 0 Å². The van der Waals surface area contributed by atoms with E-state index < -0.39 is 0 Å². The smallest absolute Gasteiger partial charge is 0.105 e. The van der Waals surface area contributed by atoms with Gasteiger partial charge in [0, 0.05) is 25.6 Å². The summed E-state index contributed by atoms with van der Waals surface area (Å²) in [6, 6.07) is 4.70. The Morgan fingerprint density at radius 3 is 3.11 bits per heavy atom. The van der Waals surface area contributed by atoms with Crippen LogP contribution in [0, 0.1) is 5.92 Å². The number of nitrogens with one attached hydrogen (secondary N) is 1. The van der Waals surface area contributed by atoms with E-state index in [2.05, 4.69) is 30.1 Å². The molecule has 1 saturated heterocycles. The van der Waals surface area contributed by atoms with Crippen LogP contribution in [0.25, 0.3) is 0 Å². The molecule has 0 radical (unpaired) electrons. The Labute approximate surface area is 111 Å². The van der Waals surface area contributed by atoms with E-state index in [4.69, 9.17) is 4.42 Å². The standard InChI is InChI=1S/C15H26N2O/c1-13(2)11-14-12-17(8-4-7-16-14)9-6-15-5-3-10-18-15/h3,5,10,13-14,16H,4,6-9,11-12H2,1-2H3. The first-order valence-electron chi connectivity index (χ1n) is 7.22. The van der Waals surface area contributed by atoms with Gasteiger partial charge >= 0.3 is 0 Å². The molecule has 0 amide bonds. The van der Waals surface area contributed by atoms with Crippen molar-refractivity contribution in [1.82, 2.24) is 10.2 Å². The molecule has 0 aromatic carbocycles. The van der Waals surface area contributed by atoms with Crippen LogP contribution in [-0.2, 0) is 6.42 Å². The molecule has 0 bridgehead atoms. The lowest BCUT2D eigenvalue weighted by Crippen LogP contribution is -2.39. The molecule has 0 saturated carbocycles. The monoisotopic (exact) mass is 250 g/mol. The van der Waals surface area contributed by atoms with Gasteiger partial charge in [-0.3, -0.25) is 0 Å².